The first-order valence-electron chi connectivity index (χ1n) is 8.27. The van der Waals surface area contributed by atoms with Gasteiger partial charge in [-0.25, -0.2) is 0 Å². The molecule has 2 atom stereocenters. The fourth-order valence-electron chi connectivity index (χ4n) is 3.14. The highest BCUT2D eigenvalue weighted by Gasteiger charge is 2.30. The molecular formula is C17H29N3O. The van der Waals surface area contributed by atoms with Gasteiger partial charge >= 0.3 is 0 Å². The second-order valence-corrected chi connectivity index (χ2v) is 6.88. The summed E-state index contributed by atoms with van der Waals surface area (Å²) in [6.45, 7) is 12.5. The SMILES string of the molecule is CC[C@@H]1CC[C@H](C)N(C(=O)c2cnn(CC(C)C)c2C)C1. The van der Waals surface area contributed by atoms with Gasteiger partial charge in [0.25, 0.3) is 5.91 Å². The lowest BCUT2D eigenvalue weighted by atomic mass is 9.91. The predicted octanol–water partition coefficient (Wildman–Crippen LogP) is 3.50. The molecule has 4 heteroatoms. The van der Waals surface area contributed by atoms with Crippen molar-refractivity contribution >= 4 is 5.91 Å². The Hall–Kier alpha value is -1.32. The third-order valence-corrected chi connectivity index (χ3v) is 4.69. The molecule has 1 aromatic rings. The standard InChI is InChI=1S/C17H29N3O/c1-6-15-8-7-13(4)19(11-15)17(21)16-9-18-20(14(16)5)10-12(2)3/h9,12-13,15H,6-8,10-11H2,1-5H3/t13-,15+/m0/s1. The molecule has 118 valence electrons. The number of nitrogens with zero attached hydrogens (tertiary/aromatic N) is 3. The quantitative estimate of drug-likeness (QED) is 0.851. The zero-order chi connectivity index (χ0) is 15.6. The third-order valence-electron chi connectivity index (χ3n) is 4.69. The maximum atomic E-state index is 12.9. The van der Waals surface area contributed by atoms with E-state index in [1.165, 1.54) is 6.42 Å². The summed E-state index contributed by atoms with van der Waals surface area (Å²) >= 11 is 0. The highest BCUT2D eigenvalue weighted by atomic mass is 16.2. The van der Waals surface area contributed by atoms with E-state index in [1.54, 1.807) is 6.20 Å². The maximum Gasteiger partial charge on any atom is 0.257 e. The van der Waals surface area contributed by atoms with E-state index < -0.39 is 0 Å². The Morgan fingerprint density at radius 1 is 1.43 bits per heavy atom. The average molecular weight is 291 g/mol. The Bertz CT molecular complexity index is 492. The van der Waals surface area contributed by atoms with Crippen LogP contribution in [0.5, 0.6) is 0 Å². The molecule has 21 heavy (non-hydrogen) atoms. The smallest absolute Gasteiger partial charge is 0.257 e. The number of hydrogen-bond acceptors (Lipinski definition) is 2. The fourth-order valence-corrected chi connectivity index (χ4v) is 3.14. The summed E-state index contributed by atoms with van der Waals surface area (Å²) in [5, 5.41) is 4.41. The molecule has 0 N–H and O–H groups in total. The number of rotatable bonds is 4. The highest BCUT2D eigenvalue weighted by molar-refractivity contribution is 5.95. The van der Waals surface area contributed by atoms with E-state index in [-0.39, 0.29) is 5.91 Å². The lowest BCUT2D eigenvalue weighted by Crippen LogP contribution is -2.45. The fraction of sp³-hybridized carbons (Fsp3) is 0.765. The maximum absolute atomic E-state index is 12.9. The van der Waals surface area contributed by atoms with E-state index in [0.717, 1.165) is 37.2 Å². The summed E-state index contributed by atoms with van der Waals surface area (Å²) in [6.07, 6.45) is 5.26. The molecule has 1 amide bonds. The molecule has 1 fully saturated rings. The molecule has 0 aromatic carbocycles. The van der Waals surface area contributed by atoms with Crippen molar-refractivity contribution in [2.75, 3.05) is 6.54 Å². The lowest BCUT2D eigenvalue weighted by molar-refractivity contribution is 0.0555. The zero-order valence-corrected chi connectivity index (χ0v) is 14.1. The van der Waals surface area contributed by atoms with Gasteiger partial charge in [0.1, 0.15) is 0 Å². The number of likely N-dealkylation sites (tertiary alicyclic amines) is 1. The van der Waals surface area contributed by atoms with Crippen LogP contribution >= 0.6 is 0 Å². The Morgan fingerprint density at radius 2 is 2.14 bits per heavy atom. The van der Waals surface area contributed by atoms with Crippen molar-refractivity contribution in [3.8, 4) is 0 Å². The van der Waals surface area contributed by atoms with E-state index >= 15 is 0 Å². The highest BCUT2D eigenvalue weighted by Crippen LogP contribution is 2.26. The van der Waals surface area contributed by atoms with Crippen molar-refractivity contribution < 1.29 is 4.79 Å². The summed E-state index contributed by atoms with van der Waals surface area (Å²) in [5.41, 5.74) is 1.78. The second-order valence-electron chi connectivity index (χ2n) is 6.88. The molecule has 0 radical (unpaired) electrons. The molecule has 0 unspecified atom stereocenters. The second kappa shape index (κ2) is 6.63. The van der Waals surface area contributed by atoms with Gasteiger partial charge in [0.05, 0.1) is 11.8 Å². The number of hydrogen-bond donors (Lipinski definition) is 0. The van der Waals surface area contributed by atoms with Crippen molar-refractivity contribution in [3.63, 3.8) is 0 Å². The first-order chi connectivity index (χ1) is 9.93. The third kappa shape index (κ3) is 3.47. The van der Waals surface area contributed by atoms with Crippen LogP contribution in [0.1, 0.15) is 63.0 Å². The van der Waals surface area contributed by atoms with Gasteiger partial charge in [-0.1, -0.05) is 27.2 Å². The molecule has 1 aromatic heterocycles. The van der Waals surface area contributed by atoms with Crippen LogP contribution in [0.15, 0.2) is 6.20 Å². The molecule has 1 saturated heterocycles. The minimum atomic E-state index is 0.160. The first-order valence-corrected chi connectivity index (χ1v) is 8.27. The van der Waals surface area contributed by atoms with Gasteiger partial charge in [-0.05, 0) is 38.5 Å². The largest absolute Gasteiger partial charge is 0.336 e. The summed E-state index contributed by atoms with van der Waals surface area (Å²) in [5.74, 6) is 1.34. The van der Waals surface area contributed by atoms with E-state index in [0.29, 0.717) is 17.9 Å². The number of carbonyl (C=O) groups is 1. The molecule has 0 bridgehead atoms. The number of piperidine rings is 1. The van der Waals surface area contributed by atoms with Crippen LogP contribution < -0.4 is 0 Å². The van der Waals surface area contributed by atoms with Gasteiger partial charge in [0.15, 0.2) is 0 Å². The molecule has 4 nitrogen and oxygen atoms in total. The van der Waals surface area contributed by atoms with Crippen LogP contribution in [0.25, 0.3) is 0 Å². The number of carbonyl (C=O) groups excluding carboxylic acids is 1. The van der Waals surface area contributed by atoms with Crippen molar-refractivity contribution in [1.29, 1.82) is 0 Å². The van der Waals surface area contributed by atoms with Crippen molar-refractivity contribution in [2.45, 2.75) is 66.5 Å². The Morgan fingerprint density at radius 3 is 2.76 bits per heavy atom. The van der Waals surface area contributed by atoms with Crippen molar-refractivity contribution in [2.24, 2.45) is 11.8 Å². The molecule has 0 spiro atoms. The lowest BCUT2D eigenvalue weighted by Gasteiger charge is -2.37. The minimum absolute atomic E-state index is 0.160. The van der Waals surface area contributed by atoms with Gasteiger partial charge in [-0.2, -0.15) is 5.10 Å². The van der Waals surface area contributed by atoms with Gasteiger partial charge in [-0.15, -0.1) is 0 Å². The molecule has 0 saturated carbocycles. The summed E-state index contributed by atoms with van der Waals surface area (Å²) < 4.78 is 1.96. The van der Waals surface area contributed by atoms with Crippen LogP contribution in [0.3, 0.4) is 0 Å². The molecule has 2 rings (SSSR count). The summed E-state index contributed by atoms with van der Waals surface area (Å²) in [7, 11) is 0. The Labute approximate surface area is 128 Å². The first kappa shape index (κ1) is 16.1. The topological polar surface area (TPSA) is 38.1 Å². The van der Waals surface area contributed by atoms with Crippen LogP contribution in [0, 0.1) is 18.8 Å². The molecule has 1 aliphatic heterocycles. The van der Waals surface area contributed by atoms with Gasteiger partial charge in [0, 0.05) is 24.8 Å². The summed E-state index contributed by atoms with van der Waals surface area (Å²) in [6, 6.07) is 0.341. The van der Waals surface area contributed by atoms with Crippen LogP contribution in [0.2, 0.25) is 0 Å². The zero-order valence-electron chi connectivity index (χ0n) is 14.1. The van der Waals surface area contributed by atoms with Crippen LogP contribution in [-0.4, -0.2) is 33.2 Å². The molecule has 2 heterocycles. The van der Waals surface area contributed by atoms with Crippen LogP contribution in [-0.2, 0) is 6.54 Å². The van der Waals surface area contributed by atoms with E-state index in [4.69, 9.17) is 0 Å². The molecule has 1 aliphatic rings. The monoisotopic (exact) mass is 291 g/mol. The van der Waals surface area contributed by atoms with Crippen molar-refractivity contribution in [1.82, 2.24) is 14.7 Å². The van der Waals surface area contributed by atoms with Gasteiger partial charge in [-0.3, -0.25) is 9.48 Å². The predicted molar refractivity (Wildman–Crippen MR) is 85.3 cm³/mol. The normalized spacial score (nSPS) is 22.9. The molecule has 0 aliphatic carbocycles. The van der Waals surface area contributed by atoms with Crippen LogP contribution in [0.4, 0.5) is 0 Å². The number of amides is 1. The Balaban J connectivity index is 2.17. The summed E-state index contributed by atoms with van der Waals surface area (Å²) in [4.78, 5) is 14.9. The minimum Gasteiger partial charge on any atom is -0.336 e. The van der Waals surface area contributed by atoms with E-state index in [2.05, 4.69) is 37.7 Å². The number of aromatic nitrogens is 2. The average Bonchev–Trinajstić information content (AvgIpc) is 2.79. The van der Waals surface area contributed by atoms with Gasteiger partial charge < -0.3 is 4.90 Å². The Kier molecular flexibility index (Phi) is 5.07. The van der Waals surface area contributed by atoms with Crippen molar-refractivity contribution in [3.05, 3.63) is 17.5 Å². The molecular weight excluding hydrogens is 262 g/mol. The van der Waals surface area contributed by atoms with E-state index in [1.807, 2.05) is 11.6 Å². The van der Waals surface area contributed by atoms with E-state index in [9.17, 15) is 4.79 Å². The van der Waals surface area contributed by atoms with Gasteiger partial charge in [0.2, 0.25) is 0 Å².